The van der Waals surface area contributed by atoms with Gasteiger partial charge in [0.25, 0.3) is 0 Å². The first-order valence-electron chi connectivity index (χ1n) is 8.32. The molecular weight excluding hydrogens is 282 g/mol. The SMILES string of the molecule is O=C(N1CCCC1)N1CCO[C@@H]2[C@@H](Cn3cnnc3)CC[C@@H]21. The predicted octanol–water partition coefficient (Wildman–Crippen LogP) is 0.973. The Bertz CT molecular complexity index is 514. The molecule has 1 aromatic rings. The standard InChI is InChI=1S/C15H23N5O2/c21-15(19-5-1-2-6-19)20-7-8-22-14-12(3-4-13(14)20)9-18-10-16-17-11-18/h10-14H,1-9H2/t12-,13+,14-/m1/s1. The second kappa shape index (κ2) is 5.87. The highest BCUT2D eigenvalue weighted by molar-refractivity contribution is 5.75. The van der Waals surface area contributed by atoms with E-state index in [4.69, 9.17) is 4.74 Å². The van der Waals surface area contributed by atoms with E-state index in [0.717, 1.165) is 51.9 Å². The number of aromatic nitrogens is 3. The molecule has 3 atom stereocenters. The minimum absolute atomic E-state index is 0.155. The number of hydrogen-bond acceptors (Lipinski definition) is 4. The first kappa shape index (κ1) is 14.0. The molecule has 3 fully saturated rings. The largest absolute Gasteiger partial charge is 0.374 e. The third-order valence-corrected chi connectivity index (χ3v) is 5.25. The molecule has 0 bridgehead atoms. The second-order valence-electron chi connectivity index (χ2n) is 6.57. The molecule has 4 rings (SSSR count). The third-order valence-electron chi connectivity index (χ3n) is 5.25. The molecule has 0 spiro atoms. The number of ether oxygens (including phenoxy) is 1. The van der Waals surface area contributed by atoms with Gasteiger partial charge in [0, 0.05) is 32.1 Å². The van der Waals surface area contributed by atoms with Crippen LogP contribution in [0.2, 0.25) is 0 Å². The molecule has 0 unspecified atom stereocenters. The van der Waals surface area contributed by atoms with Crippen LogP contribution < -0.4 is 0 Å². The van der Waals surface area contributed by atoms with Crippen LogP contribution in [0.25, 0.3) is 0 Å². The monoisotopic (exact) mass is 305 g/mol. The summed E-state index contributed by atoms with van der Waals surface area (Å²) in [5.41, 5.74) is 0. The molecule has 0 N–H and O–H groups in total. The van der Waals surface area contributed by atoms with E-state index < -0.39 is 0 Å². The molecule has 1 aliphatic carbocycles. The molecule has 1 aromatic heterocycles. The summed E-state index contributed by atoms with van der Waals surface area (Å²) in [6, 6.07) is 0.462. The minimum Gasteiger partial charge on any atom is -0.374 e. The van der Waals surface area contributed by atoms with Crippen molar-refractivity contribution in [1.29, 1.82) is 0 Å². The van der Waals surface area contributed by atoms with Crippen molar-refractivity contribution in [3.63, 3.8) is 0 Å². The summed E-state index contributed by atoms with van der Waals surface area (Å²) in [6.07, 6.45) is 8.07. The first-order chi connectivity index (χ1) is 10.8. The van der Waals surface area contributed by atoms with Gasteiger partial charge in [-0.1, -0.05) is 0 Å². The number of carbonyl (C=O) groups excluding carboxylic acids is 1. The summed E-state index contributed by atoms with van der Waals surface area (Å²) < 4.78 is 8.05. The first-order valence-corrected chi connectivity index (χ1v) is 8.32. The van der Waals surface area contributed by atoms with Crippen LogP contribution in [-0.2, 0) is 11.3 Å². The smallest absolute Gasteiger partial charge is 0.320 e. The fourth-order valence-electron chi connectivity index (χ4n) is 4.17. The average Bonchev–Trinajstić information content (AvgIpc) is 3.29. The van der Waals surface area contributed by atoms with Gasteiger partial charge >= 0.3 is 6.03 Å². The van der Waals surface area contributed by atoms with Crippen LogP contribution in [0.4, 0.5) is 4.79 Å². The number of nitrogens with zero attached hydrogens (tertiary/aromatic N) is 5. The van der Waals surface area contributed by atoms with E-state index in [9.17, 15) is 4.79 Å². The van der Waals surface area contributed by atoms with Crippen LogP contribution in [0.1, 0.15) is 25.7 Å². The second-order valence-corrected chi connectivity index (χ2v) is 6.57. The van der Waals surface area contributed by atoms with Crippen LogP contribution in [-0.4, -0.2) is 69.0 Å². The van der Waals surface area contributed by atoms with E-state index in [-0.39, 0.29) is 18.2 Å². The fourth-order valence-corrected chi connectivity index (χ4v) is 4.17. The number of fused-ring (bicyclic) bond motifs is 1. The Balaban J connectivity index is 1.45. The van der Waals surface area contributed by atoms with E-state index in [2.05, 4.69) is 15.1 Å². The topological polar surface area (TPSA) is 63.5 Å². The normalized spacial score (nSPS) is 31.5. The van der Waals surface area contributed by atoms with Crippen molar-refractivity contribution in [3.8, 4) is 0 Å². The Morgan fingerprint density at radius 3 is 2.68 bits per heavy atom. The molecule has 3 aliphatic rings. The van der Waals surface area contributed by atoms with E-state index in [1.165, 1.54) is 0 Å². The van der Waals surface area contributed by atoms with Crippen LogP contribution in [0, 0.1) is 5.92 Å². The van der Waals surface area contributed by atoms with E-state index in [0.29, 0.717) is 12.5 Å². The zero-order chi connectivity index (χ0) is 14.9. The molecule has 22 heavy (non-hydrogen) atoms. The number of morpholine rings is 1. The number of hydrogen-bond donors (Lipinski definition) is 0. The Morgan fingerprint density at radius 2 is 1.91 bits per heavy atom. The predicted molar refractivity (Wildman–Crippen MR) is 79.2 cm³/mol. The van der Waals surface area contributed by atoms with Gasteiger partial charge in [0.2, 0.25) is 0 Å². The van der Waals surface area contributed by atoms with Crippen LogP contribution >= 0.6 is 0 Å². The lowest BCUT2D eigenvalue weighted by Gasteiger charge is -2.40. The van der Waals surface area contributed by atoms with Crippen molar-refractivity contribution in [2.24, 2.45) is 5.92 Å². The number of urea groups is 1. The van der Waals surface area contributed by atoms with Gasteiger partial charge in [-0.3, -0.25) is 0 Å². The lowest BCUT2D eigenvalue weighted by Crippen LogP contribution is -2.56. The summed E-state index contributed by atoms with van der Waals surface area (Å²) in [5, 5.41) is 7.73. The quantitative estimate of drug-likeness (QED) is 0.817. The highest BCUT2D eigenvalue weighted by Crippen LogP contribution is 2.36. The molecule has 7 nitrogen and oxygen atoms in total. The van der Waals surface area contributed by atoms with Crippen LogP contribution in [0.5, 0.6) is 0 Å². The molecule has 0 aromatic carbocycles. The summed E-state index contributed by atoms with van der Waals surface area (Å²) in [5.74, 6) is 0.440. The van der Waals surface area contributed by atoms with Crippen molar-refractivity contribution in [2.75, 3.05) is 26.2 Å². The Kier molecular flexibility index (Phi) is 3.73. The van der Waals surface area contributed by atoms with Gasteiger partial charge in [0.05, 0.1) is 18.8 Å². The van der Waals surface area contributed by atoms with Gasteiger partial charge in [0.1, 0.15) is 12.7 Å². The Labute approximate surface area is 130 Å². The van der Waals surface area contributed by atoms with Gasteiger partial charge < -0.3 is 19.1 Å². The maximum atomic E-state index is 12.7. The molecule has 7 heteroatoms. The molecule has 2 saturated heterocycles. The zero-order valence-electron chi connectivity index (χ0n) is 12.8. The van der Waals surface area contributed by atoms with Gasteiger partial charge in [-0.25, -0.2) is 4.79 Å². The van der Waals surface area contributed by atoms with Crippen LogP contribution in [0.15, 0.2) is 12.7 Å². The maximum Gasteiger partial charge on any atom is 0.320 e. The van der Waals surface area contributed by atoms with Crippen molar-refractivity contribution in [1.82, 2.24) is 24.6 Å². The van der Waals surface area contributed by atoms with Crippen molar-refractivity contribution >= 4 is 6.03 Å². The van der Waals surface area contributed by atoms with E-state index >= 15 is 0 Å². The summed E-state index contributed by atoms with van der Waals surface area (Å²) in [4.78, 5) is 16.8. The zero-order valence-corrected chi connectivity index (χ0v) is 12.8. The summed E-state index contributed by atoms with van der Waals surface area (Å²) >= 11 is 0. The fraction of sp³-hybridized carbons (Fsp3) is 0.800. The average molecular weight is 305 g/mol. The van der Waals surface area contributed by atoms with E-state index in [1.807, 2.05) is 9.47 Å². The molecule has 120 valence electrons. The van der Waals surface area contributed by atoms with Gasteiger partial charge in [-0.05, 0) is 25.7 Å². The molecule has 1 saturated carbocycles. The van der Waals surface area contributed by atoms with Crippen molar-refractivity contribution in [2.45, 2.75) is 44.4 Å². The lowest BCUT2D eigenvalue weighted by atomic mass is 10.0. The van der Waals surface area contributed by atoms with Gasteiger partial charge in [-0.15, -0.1) is 10.2 Å². The highest BCUT2D eigenvalue weighted by Gasteiger charge is 2.45. The molecule has 3 heterocycles. The third kappa shape index (κ3) is 2.47. The van der Waals surface area contributed by atoms with E-state index in [1.54, 1.807) is 12.7 Å². The van der Waals surface area contributed by atoms with Crippen molar-refractivity contribution in [3.05, 3.63) is 12.7 Å². The summed E-state index contributed by atoms with van der Waals surface area (Å²) in [7, 11) is 0. The number of amides is 2. The maximum absolute atomic E-state index is 12.7. The summed E-state index contributed by atoms with van der Waals surface area (Å²) in [6.45, 7) is 4.09. The number of likely N-dealkylation sites (tertiary alicyclic amines) is 1. The minimum atomic E-state index is 0.155. The number of carbonyl (C=O) groups is 1. The molecular formula is C15H23N5O2. The Hall–Kier alpha value is -1.63. The lowest BCUT2D eigenvalue weighted by molar-refractivity contribution is -0.0637. The molecule has 2 amide bonds. The van der Waals surface area contributed by atoms with Gasteiger partial charge in [-0.2, -0.15) is 0 Å². The number of rotatable bonds is 2. The highest BCUT2D eigenvalue weighted by atomic mass is 16.5. The van der Waals surface area contributed by atoms with Gasteiger partial charge in [0.15, 0.2) is 0 Å². The van der Waals surface area contributed by atoms with Crippen molar-refractivity contribution < 1.29 is 9.53 Å². The Morgan fingerprint density at radius 1 is 1.14 bits per heavy atom. The van der Waals surface area contributed by atoms with Crippen LogP contribution in [0.3, 0.4) is 0 Å². The molecule has 0 radical (unpaired) electrons. The molecule has 2 aliphatic heterocycles.